The van der Waals surface area contributed by atoms with E-state index in [9.17, 15) is 8.78 Å². The summed E-state index contributed by atoms with van der Waals surface area (Å²) in [4.78, 5) is 10.3. The summed E-state index contributed by atoms with van der Waals surface area (Å²) in [6.07, 6.45) is 4.08. The van der Waals surface area contributed by atoms with Crippen LogP contribution >= 0.6 is 0 Å². The maximum Gasteiger partial charge on any atom is 0.345 e. The van der Waals surface area contributed by atoms with Crippen molar-refractivity contribution in [3.8, 4) is 0 Å². The van der Waals surface area contributed by atoms with Crippen molar-refractivity contribution in [1.29, 1.82) is 0 Å². The van der Waals surface area contributed by atoms with Gasteiger partial charge in [-0.05, 0) is 12.8 Å². The van der Waals surface area contributed by atoms with Crippen LogP contribution in [0.2, 0.25) is 0 Å². The molecule has 2 N–H and O–H groups in total. The molecule has 1 aromatic rings. The minimum atomic E-state index is -2.69. The van der Waals surface area contributed by atoms with E-state index in [0.29, 0.717) is 25.2 Å². The highest BCUT2D eigenvalue weighted by Gasteiger charge is 2.35. The normalized spacial score (nSPS) is 22.9. The summed E-state index contributed by atoms with van der Waals surface area (Å²) >= 11 is 0. The Morgan fingerprint density at radius 2 is 2.17 bits per heavy atom. The third kappa shape index (κ3) is 2.91. The zero-order valence-electron chi connectivity index (χ0n) is 10.1. The number of ether oxygens (including phenoxy) is 1. The minimum Gasteiger partial charge on any atom is -0.355 e. The summed E-state index contributed by atoms with van der Waals surface area (Å²) in [6, 6.07) is 0.173. The second-order valence-electron chi connectivity index (χ2n) is 4.32. The van der Waals surface area contributed by atoms with E-state index in [1.807, 2.05) is 11.9 Å². The molecule has 5 nitrogen and oxygen atoms in total. The van der Waals surface area contributed by atoms with Gasteiger partial charge in [0, 0.05) is 19.6 Å². The lowest BCUT2D eigenvalue weighted by molar-refractivity contribution is -0.183. The van der Waals surface area contributed by atoms with Crippen molar-refractivity contribution in [1.82, 2.24) is 9.97 Å². The molecule has 1 saturated carbocycles. The Hall–Kier alpha value is -1.34. The molecule has 0 bridgehead atoms. The number of anilines is 1. The van der Waals surface area contributed by atoms with Gasteiger partial charge in [0.05, 0.1) is 24.2 Å². The number of aromatic nitrogens is 2. The average molecular weight is 258 g/mol. The Kier molecular flexibility index (Phi) is 4.03. The van der Waals surface area contributed by atoms with Crippen molar-refractivity contribution in [3.63, 3.8) is 0 Å². The number of hydrogen-bond acceptors (Lipinski definition) is 5. The molecule has 1 heterocycles. The highest BCUT2D eigenvalue weighted by molar-refractivity contribution is 5.37. The fourth-order valence-electron chi connectivity index (χ4n) is 1.93. The lowest BCUT2D eigenvalue weighted by Crippen LogP contribution is -2.47. The second kappa shape index (κ2) is 5.53. The molecule has 0 atom stereocenters. The van der Waals surface area contributed by atoms with Crippen molar-refractivity contribution in [2.75, 3.05) is 11.9 Å². The van der Waals surface area contributed by atoms with E-state index >= 15 is 0 Å². The van der Waals surface area contributed by atoms with E-state index in [0.717, 1.165) is 5.69 Å². The molecule has 1 fully saturated rings. The van der Waals surface area contributed by atoms with Crippen LogP contribution in [0.3, 0.4) is 0 Å². The van der Waals surface area contributed by atoms with Gasteiger partial charge in [0.15, 0.2) is 0 Å². The molecule has 0 aromatic carbocycles. The number of nitrogens with zero attached hydrogens (tertiary/aromatic N) is 3. The lowest BCUT2D eigenvalue weighted by Gasteiger charge is -2.41. The Morgan fingerprint density at radius 3 is 2.67 bits per heavy atom. The molecular weight excluding hydrogens is 242 g/mol. The van der Waals surface area contributed by atoms with Gasteiger partial charge in [0.25, 0.3) is 0 Å². The van der Waals surface area contributed by atoms with Crippen molar-refractivity contribution in [2.45, 2.75) is 38.1 Å². The summed E-state index contributed by atoms with van der Waals surface area (Å²) in [5.74, 6) is 0.715. The summed E-state index contributed by atoms with van der Waals surface area (Å²) in [6.45, 7) is -2.34. The largest absolute Gasteiger partial charge is 0.355 e. The van der Waals surface area contributed by atoms with Gasteiger partial charge < -0.3 is 15.4 Å². The van der Waals surface area contributed by atoms with Gasteiger partial charge in [-0.3, -0.25) is 4.98 Å². The number of nitrogens with two attached hydrogens (primary N) is 1. The van der Waals surface area contributed by atoms with E-state index in [1.165, 1.54) is 0 Å². The first-order chi connectivity index (χ1) is 8.60. The van der Waals surface area contributed by atoms with Crippen LogP contribution in [0.4, 0.5) is 14.6 Å². The number of alkyl halides is 2. The van der Waals surface area contributed by atoms with Crippen molar-refractivity contribution < 1.29 is 13.5 Å². The molecule has 2 rings (SSSR count). The molecule has 0 spiro atoms. The molecule has 0 unspecified atom stereocenters. The molecule has 0 amide bonds. The zero-order chi connectivity index (χ0) is 13.1. The lowest BCUT2D eigenvalue weighted by atomic mass is 9.88. The van der Waals surface area contributed by atoms with Crippen LogP contribution in [0, 0.1) is 0 Å². The van der Waals surface area contributed by atoms with E-state index < -0.39 is 6.61 Å². The van der Waals surface area contributed by atoms with Gasteiger partial charge >= 0.3 is 6.61 Å². The van der Waals surface area contributed by atoms with Gasteiger partial charge in [0.2, 0.25) is 0 Å². The molecule has 0 saturated heterocycles. The molecule has 0 aliphatic heterocycles. The van der Waals surface area contributed by atoms with Crippen LogP contribution in [0.5, 0.6) is 0 Å². The van der Waals surface area contributed by atoms with Crippen LogP contribution in [0.15, 0.2) is 12.4 Å². The summed E-state index contributed by atoms with van der Waals surface area (Å²) < 4.78 is 28.4. The molecule has 18 heavy (non-hydrogen) atoms. The van der Waals surface area contributed by atoms with E-state index in [1.54, 1.807) is 12.4 Å². The number of halogens is 2. The predicted molar refractivity (Wildman–Crippen MR) is 62.2 cm³/mol. The fraction of sp³-hybridized carbons (Fsp3) is 0.636. The highest BCUT2D eigenvalue weighted by atomic mass is 19.3. The third-order valence-electron chi connectivity index (χ3n) is 3.18. The Balaban J connectivity index is 1.87. The first-order valence-corrected chi connectivity index (χ1v) is 5.77. The van der Waals surface area contributed by atoms with Gasteiger partial charge in [-0.1, -0.05) is 0 Å². The quantitative estimate of drug-likeness (QED) is 0.858. The van der Waals surface area contributed by atoms with Crippen LogP contribution in [0.25, 0.3) is 0 Å². The van der Waals surface area contributed by atoms with Crippen LogP contribution in [-0.2, 0) is 11.3 Å². The SMILES string of the molecule is CN(c1cnc(CN)cn1)C1CC(OC(F)F)C1. The van der Waals surface area contributed by atoms with E-state index in [-0.39, 0.29) is 12.1 Å². The number of rotatable bonds is 5. The molecule has 100 valence electrons. The Bertz CT molecular complexity index is 381. The van der Waals surface area contributed by atoms with Gasteiger partial charge in [-0.2, -0.15) is 8.78 Å². The molecule has 7 heteroatoms. The Morgan fingerprint density at radius 1 is 1.44 bits per heavy atom. The highest BCUT2D eigenvalue weighted by Crippen LogP contribution is 2.30. The second-order valence-corrected chi connectivity index (χ2v) is 4.32. The smallest absolute Gasteiger partial charge is 0.345 e. The van der Waals surface area contributed by atoms with Gasteiger partial charge in [-0.25, -0.2) is 4.98 Å². The average Bonchev–Trinajstić information content (AvgIpc) is 2.32. The molecule has 1 aliphatic rings. The van der Waals surface area contributed by atoms with E-state index in [4.69, 9.17) is 5.73 Å². The van der Waals surface area contributed by atoms with Gasteiger partial charge in [-0.15, -0.1) is 0 Å². The topological polar surface area (TPSA) is 64.3 Å². The number of hydrogen-bond donors (Lipinski definition) is 1. The maximum atomic E-state index is 12.0. The van der Waals surface area contributed by atoms with Crippen molar-refractivity contribution in [3.05, 3.63) is 18.1 Å². The van der Waals surface area contributed by atoms with Crippen LogP contribution in [-0.4, -0.2) is 35.8 Å². The van der Waals surface area contributed by atoms with Gasteiger partial charge in [0.1, 0.15) is 5.82 Å². The predicted octanol–water partition coefficient (Wildman–Crippen LogP) is 1.14. The van der Waals surface area contributed by atoms with Crippen LogP contribution < -0.4 is 10.6 Å². The Labute approximate surface area is 104 Å². The van der Waals surface area contributed by atoms with Crippen LogP contribution in [0.1, 0.15) is 18.5 Å². The molecule has 1 aromatic heterocycles. The third-order valence-corrected chi connectivity index (χ3v) is 3.18. The first-order valence-electron chi connectivity index (χ1n) is 5.77. The summed E-state index contributed by atoms with van der Waals surface area (Å²) in [7, 11) is 1.87. The summed E-state index contributed by atoms with van der Waals surface area (Å²) in [5, 5.41) is 0. The molecule has 0 radical (unpaired) electrons. The first kappa shape index (κ1) is 13.1. The standard InChI is InChI=1S/C11H16F2N4O/c1-17(8-2-9(3-8)18-11(12)13)10-6-15-7(4-14)5-16-10/h5-6,8-9,11H,2-4,14H2,1H3. The van der Waals surface area contributed by atoms with E-state index in [2.05, 4.69) is 14.7 Å². The van der Waals surface area contributed by atoms with Crippen molar-refractivity contribution >= 4 is 5.82 Å². The molecule has 1 aliphatic carbocycles. The summed E-state index contributed by atoms with van der Waals surface area (Å²) in [5.41, 5.74) is 6.16. The minimum absolute atomic E-state index is 0.173. The maximum absolute atomic E-state index is 12.0. The zero-order valence-corrected chi connectivity index (χ0v) is 10.1. The fourth-order valence-corrected chi connectivity index (χ4v) is 1.93. The monoisotopic (exact) mass is 258 g/mol. The van der Waals surface area contributed by atoms with Crippen molar-refractivity contribution in [2.24, 2.45) is 5.73 Å². The molecular formula is C11H16F2N4O.